The maximum Gasteiger partial charge on any atom is 0.145 e. The Morgan fingerprint density at radius 2 is 1.83 bits per heavy atom. The second-order valence-electron chi connectivity index (χ2n) is 4.10. The Balaban J connectivity index is 2.34. The van der Waals surface area contributed by atoms with Crippen molar-refractivity contribution in [1.29, 1.82) is 5.26 Å². The first-order valence-corrected chi connectivity index (χ1v) is 5.55. The zero-order valence-corrected chi connectivity index (χ0v) is 10.2. The summed E-state index contributed by atoms with van der Waals surface area (Å²) in [6, 6.07) is 11.5. The van der Waals surface area contributed by atoms with Crippen molar-refractivity contribution in [3.63, 3.8) is 0 Å². The number of aryl methyl sites for hydroxylation is 2. The van der Waals surface area contributed by atoms with Gasteiger partial charge in [0.25, 0.3) is 0 Å². The van der Waals surface area contributed by atoms with Gasteiger partial charge in [0, 0.05) is 0 Å². The van der Waals surface area contributed by atoms with Crippen molar-refractivity contribution in [2.45, 2.75) is 13.8 Å². The van der Waals surface area contributed by atoms with Gasteiger partial charge in [-0.2, -0.15) is 5.26 Å². The molecule has 2 rings (SSSR count). The first-order chi connectivity index (χ1) is 8.60. The summed E-state index contributed by atoms with van der Waals surface area (Å²) in [6.07, 6.45) is 0. The predicted octanol–water partition coefficient (Wildman–Crippen LogP) is 4.11. The second-order valence-corrected chi connectivity index (χ2v) is 4.10. The molecule has 0 aliphatic heterocycles. The van der Waals surface area contributed by atoms with E-state index in [-0.39, 0.29) is 5.56 Å². The zero-order chi connectivity index (χ0) is 13.1. The summed E-state index contributed by atoms with van der Waals surface area (Å²) in [5.74, 6) is 0.558. The van der Waals surface area contributed by atoms with Crippen LogP contribution in [0.5, 0.6) is 11.5 Å². The van der Waals surface area contributed by atoms with Gasteiger partial charge in [-0.05, 0) is 55.3 Å². The van der Waals surface area contributed by atoms with Gasteiger partial charge in [-0.15, -0.1) is 0 Å². The van der Waals surface area contributed by atoms with E-state index in [0.29, 0.717) is 11.5 Å². The van der Waals surface area contributed by atoms with Crippen molar-refractivity contribution in [3.8, 4) is 17.6 Å². The van der Waals surface area contributed by atoms with Gasteiger partial charge in [0.1, 0.15) is 23.4 Å². The van der Waals surface area contributed by atoms with Crippen molar-refractivity contribution >= 4 is 0 Å². The van der Waals surface area contributed by atoms with Gasteiger partial charge in [-0.3, -0.25) is 0 Å². The SMILES string of the molecule is Cc1ccc(Oc2ccc(F)cc2C#N)cc1C. The van der Waals surface area contributed by atoms with Gasteiger partial charge in [-0.1, -0.05) is 6.07 Å². The molecule has 0 unspecified atom stereocenters. The zero-order valence-electron chi connectivity index (χ0n) is 10.2. The Bertz CT molecular complexity index is 629. The third-order valence-corrected chi connectivity index (χ3v) is 2.77. The molecule has 18 heavy (non-hydrogen) atoms. The summed E-state index contributed by atoms with van der Waals surface area (Å²) < 4.78 is 18.6. The third-order valence-electron chi connectivity index (χ3n) is 2.77. The largest absolute Gasteiger partial charge is 0.456 e. The van der Waals surface area contributed by atoms with E-state index in [1.807, 2.05) is 38.1 Å². The van der Waals surface area contributed by atoms with Crippen LogP contribution >= 0.6 is 0 Å². The van der Waals surface area contributed by atoms with E-state index in [4.69, 9.17) is 10.00 Å². The van der Waals surface area contributed by atoms with Crippen molar-refractivity contribution in [2.75, 3.05) is 0 Å². The number of ether oxygens (including phenoxy) is 1. The van der Waals surface area contributed by atoms with Crippen LogP contribution < -0.4 is 4.74 Å². The number of hydrogen-bond donors (Lipinski definition) is 0. The molecule has 0 saturated heterocycles. The number of benzene rings is 2. The molecule has 0 atom stereocenters. The Kier molecular flexibility index (Phi) is 3.29. The number of nitriles is 1. The third kappa shape index (κ3) is 2.49. The molecular formula is C15H12FNO. The molecule has 90 valence electrons. The molecule has 0 fully saturated rings. The Morgan fingerprint density at radius 1 is 1.06 bits per heavy atom. The monoisotopic (exact) mass is 241 g/mol. The second kappa shape index (κ2) is 4.89. The molecule has 0 radical (unpaired) electrons. The van der Waals surface area contributed by atoms with Crippen LogP contribution in [0.25, 0.3) is 0 Å². The van der Waals surface area contributed by atoms with Crippen LogP contribution in [-0.4, -0.2) is 0 Å². The summed E-state index contributed by atoms with van der Waals surface area (Å²) >= 11 is 0. The number of nitrogens with zero attached hydrogens (tertiary/aromatic N) is 1. The van der Waals surface area contributed by atoms with E-state index in [9.17, 15) is 4.39 Å². The standard InChI is InChI=1S/C15H12FNO/c1-10-3-5-14(7-11(10)2)18-15-6-4-13(16)8-12(15)9-17/h3-8H,1-2H3. The minimum atomic E-state index is -0.445. The highest BCUT2D eigenvalue weighted by Crippen LogP contribution is 2.26. The van der Waals surface area contributed by atoms with Gasteiger partial charge in [0.2, 0.25) is 0 Å². The molecule has 0 aromatic heterocycles. The molecule has 0 aliphatic carbocycles. The molecule has 2 nitrogen and oxygen atoms in total. The minimum absolute atomic E-state index is 0.188. The number of halogens is 1. The van der Waals surface area contributed by atoms with E-state index < -0.39 is 5.82 Å². The molecule has 2 aromatic carbocycles. The maximum atomic E-state index is 13.0. The van der Waals surface area contributed by atoms with E-state index in [0.717, 1.165) is 11.6 Å². The van der Waals surface area contributed by atoms with Crippen molar-refractivity contribution < 1.29 is 9.13 Å². The Hall–Kier alpha value is -2.34. The highest BCUT2D eigenvalue weighted by atomic mass is 19.1. The van der Waals surface area contributed by atoms with Gasteiger partial charge in [0.15, 0.2) is 0 Å². The van der Waals surface area contributed by atoms with Crippen molar-refractivity contribution in [1.82, 2.24) is 0 Å². The molecule has 2 aromatic rings. The first-order valence-electron chi connectivity index (χ1n) is 5.55. The molecule has 3 heteroatoms. The molecule has 0 bridgehead atoms. The van der Waals surface area contributed by atoms with Crippen LogP contribution in [0, 0.1) is 31.0 Å². The van der Waals surface area contributed by atoms with E-state index in [1.165, 1.54) is 17.7 Å². The molecule has 0 N–H and O–H groups in total. The van der Waals surface area contributed by atoms with Crippen LogP contribution in [0.1, 0.15) is 16.7 Å². The number of hydrogen-bond acceptors (Lipinski definition) is 2. The van der Waals surface area contributed by atoms with E-state index >= 15 is 0 Å². The topological polar surface area (TPSA) is 33.0 Å². The maximum absolute atomic E-state index is 13.0. The molecule has 0 saturated carbocycles. The average Bonchev–Trinajstić information content (AvgIpc) is 2.36. The lowest BCUT2D eigenvalue weighted by atomic mass is 10.1. The normalized spacial score (nSPS) is 9.89. The molecule has 0 aliphatic rings. The first kappa shape index (κ1) is 12.1. The minimum Gasteiger partial charge on any atom is -0.456 e. The Labute approximate surface area is 105 Å². The highest BCUT2D eigenvalue weighted by molar-refractivity contribution is 5.46. The smallest absolute Gasteiger partial charge is 0.145 e. The van der Waals surface area contributed by atoms with Gasteiger partial charge in [0.05, 0.1) is 5.56 Å². The van der Waals surface area contributed by atoms with Gasteiger partial charge < -0.3 is 4.74 Å². The van der Waals surface area contributed by atoms with Crippen LogP contribution in [0.2, 0.25) is 0 Å². The van der Waals surface area contributed by atoms with Crippen LogP contribution in [0.15, 0.2) is 36.4 Å². The fraction of sp³-hybridized carbons (Fsp3) is 0.133. The lowest BCUT2D eigenvalue weighted by Crippen LogP contribution is -1.90. The lowest BCUT2D eigenvalue weighted by molar-refractivity contribution is 0.478. The van der Waals surface area contributed by atoms with Gasteiger partial charge in [-0.25, -0.2) is 4.39 Å². The van der Waals surface area contributed by atoms with Crippen molar-refractivity contribution in [2.24, 2.45) is 0 Å². The fourth-order valence-electron chi connectivity index (χ4n) is 1.58. The van der Waals surface area contributed by atoms with Crippen LogP contribution in [0.4, 0.5) is 4.39 Å². The van der Waals surface area contributed by atoms with Crippen LogP contribution in [-0.2, 0) is 0 Å². The number of rotatable bonds is 2. The quantitative estimate of drug-likeness (QED) is 0.792. The summed E-state index contributed by atoms with van der Waals surface area (Å²) in [6.45, 7) is 4.00. The summed E-state index contributed by atoms with van der Waals surface area (Å²) in [4.78, 5) is 0. The van der Waals surface area contributed by atoms with E-state index in [1.54, 1.807) is 0 Å². The van der Waals surface area contributed by atoms with Crippen molar-refractivity contribution in [3.05, 3.63) is 58.9 Å². The van der Waals surface area contributed by atoms with Crippen LogP contribution in [0.3, 0.4) is 0 Å². The summed E-state index contributed by atoms with van der Waals surface area (Å²) in [5.41, 5.74) is 2.46. The summed E-state index contributed by atoms with van der Waals surface area (Å²) in [7, 11) is 0. The molecule has 0 heterocycles. The average molecular weight is 241 g/mol. The predicted molar refractivity (Wildman–Crippen MR) is 67.1 cm³/mol. The van der Waals surface area contributed by atoms with Gasteiger partial charge >= 0.3 is 0 Å². The lowest BCUT2D eigenvalue weighted by Gasteiger charge is -2.09. The van der Waals surface area contributed by atoms with E-state index in [2.05, 4.69) is 0 Å². The molecular weight excluding hydrogens is 229 g/mol. The Morgan fingerprint density at radius 3 is 2.50 bits per heavy atom. The molecule has 0 spiro atoms. The molecule has 0 amide bonds. The fourth-order valence-corrected chi connectivity index (χ4v) is 1.58. The highest BCUT2D eigenvalue weighted by Gasteiger charge is 2.06. The summed E-state index contributed by atoms with van der Waals surface area (Å²) in [5, 5.41) is 8.92.